The van der Waals surface area contributed by atoms with Crippen molar-refractivity contribution in [1.29, 1.82) is 0 Å². The number of hydrogen-bond acceptors (Lipinski definition) is 5. The first kappa shape index (κ1) is 19.2. The van der Waals surface area contributed by atoms with Gasteiger partial charge in [-0.1, -0.05) is 6.07 Å². The van der Waals surface area contributed by atoms with E-state index in [2.05, 4.69) is 5.32 Å². The summed E-state index contributed by atoms with van der Waals surface area (Å²) in [6.45, 7) is -0.101. The monoisotopic (exact) mass is 402 g/mol. The highest BCUT2D eigenvalue weighted by atomic mass is 32.2. The number of benzene rings is 1. The maximum atomic E-state index is 13.6. The van der Waals surface area contributed by atoms with E-state index in [1.807, 2.05) is 4.72 Å². The first-order chi connectivity index (χ1) is 12.7. The molecule has 9 nitrogen and oxygen atoms in total. The van der Waals surface area contributed by atoms with Gasteiger partial charge in [-0.15, -0.1) is 0 Å². The fraction of sp³-hybridized carbons (Fsp3) is 0.400. The molecular formula is C15H16F2N4O5S. The van der Waals surface area contributed by atoms with Gasteiger partial charge in [0.2, 0.25) is 21.8 Å². The summed E-state index contributed by atoms with van der Waals surface area (Å²) in [6.07, 6.45) is -0.234. The van der Waals surface area contributed by atoms with Gasteiger partial charge in [-0.2, -0.15) is 0 Å². The number of likely N-dealkylation sites (tertiary alicyclic amines) is 1. The summed E-state index contributed by atoms with van der Waals surface area (Å²) in [7, 11) is -4.45. The number of amides is 4. The normalized spacial score (nSPS) is 17.9. The second kappa shape index (κ2) is 7.19. The number of nitrogens with one attached hydrogen (secondary N) is 2. The Morgan fingerprint density at radius 1 is 1.22 bits per heavy atom. The van der Waals surface area contributed by atoms with Crippen LogP contribution < -0.4 is 10.0 Å². The van der Waals surface area contributed by atoms with E-state index in [0.29, 0.717) is 0 Å². The molecule has 3 rings (SSSR count). The van der Waals surface area contributed by atoms with Crippen LogP contribution in [0, 0.1) is 11.6 Å². The number of nitrogens with zero attached hydrogens (tertiary/aromatic N) is 2. The molecule has 1 aromatic carbocycles. The minimum Gasteiger partial charge on any atom is -0.338 e. The highest BCUT2D eigenvalue weighted by Crippen LogP contribution is 2.19. The minimum absolute atomic E-state index is 0.0718. The molecule has 2 aliphatic rings. The predicted molar refractivity (Wildman–Crippen MR) is 86.8 cm³/mol. The highest BCUT2D eigenvalue weighted by molar-refractivity contribution is 7.89. The van der Waals surface area contributed by atoms with E-state index in [1.165, 1.54) is 4.90 Å². The molecule has 0 aromatic heterocycles. The number of carbonyl (C=O) groups is 3. The predicted octanol–water partition coefficient (Wildman–Crippen LogP) is -0.604. The van der Waals surface area contributed by atoms with Crippen LogP contribution in [0.1, 0.15) is 6.42 Å². The third kappa shape index (κ3) is 3.76. The zero-order valence-electron chi connectivity index (χ0n) is 13.9. The van der Waals surface area contributed by atoms with Crippen molar-refractivity contribution in [1.82, 2.24) is 19.8 Å². The SMILES string of the molecule is O=C(CCNS(=O)(=O)c1c(F)cccc1F)N1CC(N2C(=O)CNC2=O)C1. The summed E-state index contributed by atoms with van der Waals surface area (Å²) in [5.41, 5.74) is 0. The first-order valence-electron chi connectivity index (χ1n) is 8.02. The lowest BCUT2D eigenvalue weighted by atomic mass is 10.1. The standard InChI is InChI=1S/C15H16F2N4O5S/c16-10-2-1-3-11(17)14(10)27(25,26)19-5-4-12(22)20-7-9(8-20)21-13(23)6-18-15(21)24/h1-3,9,19H,4-8H2,(H,18,24). The molecule has 0 atom stereocenters. The Morgan fingerprint density at radius 2 is 1.85 bits per heavy atom. The Hall–Kier alpha value is -2.60. The molecule has 0 radical (unpaired) electrons. The Morgan fingerprint density at radius 3 is 2.41 bits per heavy atom. The Kier molecular flexibility index (Phi) is 5.11. The van der Waals surface area contributed by atoms with Crippen LogP contribution in [0.25, 0.3) is 0 Å². The lowest BCUT2D eigenvalue weighted by molar-refractivity contribution is -0.141. The van der Waals surface area contributed by atoms with Crippen molar-refractivity contribution in [2.75, 3.05) is 26.2 Å². The number of carbonyl (C=O) groups excluding carboxylic acids is 3. The van der Waals surface area contributed by atoms with Gasteiger partial charge in [0.25, 0.3) is 0 Å². The molecule has 0 bridgehead atoms. The average Bonchev–Trinajstić information content (AvgIpc) is 2.85. The molecule has 1 aromatic rings. The zero-order chi connectivity index (χ0) is 19.8. The molecule has 27 heavy (non-hydrogen) atoms. The molecule has 2 fully saturated rings. The van der Waals surface area contributed by atoms with Crippen LogP contribution in [0.5, 0.6) is 0 Å². The van der Waals surface area contributed by atoms with Crippen LogP contribution in [-0.2, 0) is 19.6 Å². The van der Waals surface area contributed by atoms with Crippen molar-refractivity contribution in [3.05, 3.63) is 29.8 Å². The summed E-state index contributed by atoms with van der Waals surface area (Å²) >= 11 is 0. The Labute approximate surface area is 153 Å². The maximum Gasteiger partial charge on any atom is 0.324 e. The van der Waals surface area contributed by atoms with Gasteiger partial charge in [-0.3, -0.25) is 14.5 Å². The molecule has 2 heterocycles. The largest absolute Gasteiger partial charge is 0.338 e. The Balaban J connectivity index is 1.49. The van der Waals surface area contributed by atoms with Gasteiger partial charge in [-0.25, -0.2) is 26.7 Å². The van der Waals surface area contributed by atoms with Crippen LogP contribution >= 0.6 is 0 Å². The summed E-state index contributed by atoms with van der Waals surface area (Å²) in [6, 6.07) is 1.76. The lowest BCUT2D eigenvalue weighted by Gasteiger charge is -2.42. The van der Waals surface area contributed by atoms with Crippen LogP contribution in [0.3, 0.4) is 0 Å². The summed E-state index contributed by atoms with van der Waals surface area (Å²) < 4.78 is 53.2. The van der Waals surface area contributed by atoms with Crippen molar-refractivity contribution in [3.8, 4) is 0 Å². The fourth-order valence-electron chi connectivity index (χ4n) is 2.89. The third-order valence-electron chi connectivity index (χ3n) is 4.28. The van der Waals surface area contributed by atoms with Gasteiger partial charge in [0, 0.05) is 26.1 Å². The number of halogens is 2. The van der Waals surface area contributed by atoms with Crippen molar-refractivity contribution in [3.63, 3.8) is 0 Å². The minimum atomic E-state index is -4.45. The molecule has 2 aliphatic heterocycles. The van der Waals surface area contributed by atoms with E-state index < -0.39 is 44.5 Å². The average molecular weight is 402 g/mol. The van der Waals surface area contributed by atoms with E-state index >= 15 is 0 Å². The number of rotatable bonds is 6. The number of urea groups is 1. The molecule has 0 unspecified atom stereocenters. The number of sulfonamides is 1. The Bertz CT molecular complexity index is 865. The summed E-state index contributed by atoms with van der Waals surface area (Å²) in [4.78, 5) is 36.5. The molecule has 12 heteroatoms. The van der Waals surface area contributed by atoms with E-state index in [4.69, 9.17) is 0 Å². The van der Waals surface area contributed by atoms with E-state index in [-0.39, 0.29) is 38.5 Å². The topological polar surface area (TPSA) is 116 Å². The van der Waals surface area contributed by atoms with Gasteiger partial charge >= 0.3 is 6.03 Å². The molecular weight excluding hydrogens is 386 g/mol. The second-order valence-corrected chi connectivity index (χ2v) is 7.78. The number of imide groups is 1. The molecule has 0 aliphatic carbocycles. The molecule has 4 amide bonds. The highest BCUT2D eigenvalue weighted by Gasteiger charge is 2.42. The van der Waals surface area contributed by atoms with Crippen molar-refractivity contribution in [2.24, 2.45) is 0 Å². The lowest BCUT2D eigenvalue weighted by Crippen LogP contribution is -2.62. The molecule has 2 N–H and O–H groups in total. The van der Waals surface area contributed by atoms with Crippen LogP contribution in [0.4, 0.5) is 13.6 Å². The summed E-state index contributed by atoms with van der Waals surface area (Å²) in [5.74, 6) is -3.23. The number of hydrogen-bond donors (Lipinski definition) is 2. The first-order valence-corrected chi connectivity index (χ1v) is 9.50. The zero-order valence-corrected chi connectivity index (χ0v) is 14.8. The van der Waals surface area contributed by atoms with E-state index in [9.17, 15) is 31.6 Å². The molecule has 0 saturated carbocycles. The third-order valence-corrected chi connectivity index (χ3v) is 5.79. The van der Waals surface area contributed by atoms with Crippen LogP contribution in [0.15, 0.2) is 23.1 Å². The van der Waals surface area contributed by atoms with Crippen molar-refractivity contribution >= 4 is 27.9 Å². The van der Waals surface area contributed by atoms with Crippen molar-refractivity contribution in [2.45, 2.75) is 17.4 Å². The quantitative estimate of drug-likeness (QED) is 0.617. The van der Waals surface area contributed by atoms with E-state index in [1.54, 1.807) is 0 Å². The van der Waals surface area contributed by atoms with Crippen molar-refractivity contribution < 1.29 is 31.6 Å². The maximum absolute atomic E-state index is 13.6. The van der Waals surface area contributed by atoms with Crippen LogP contribution in [-0.4, -0.2) is 68.3 Å². The molecule has 146 valence electrons. The van der Waals surface area contributed by atoms with Gasteiger partial charge in [-0.05, 0) is 12.1 Å². The smallest absolute Gasteiger partial charge is 0.324 e. The van der Waals surface area contributed by atoms with Gasteiger partial charge < -0.3 is 10.2 Å². The molecule has 2 saturated heterocycles. The van der Waals surface area contributed by atoms with Gasteiger partial charge in [0.15, 0.2) is 4.90 Å². The van der Waals surface area contributed by atoms with E-state index in [0.717, 1.165) is 23.1 Å². The van der Waals surface area contributed by atoms with Crippen LogP contribution in [0.2, 0.25) is 0 Å². The summed E-state index contributed by atoms with van der Waals surface area (Å²) in [5, 5.41) is 2.38. The van der Waals surface area contributed by atoms with Gasteiger partial charge in [0.1, 0.15) is 11.6 Å². The molecule has 0 spiro atoms. The van der Waals surface area contributed by atoms with Gasteiger partial charge in [0.05, 0.1) is 12.6 Å². The second-order valence-electron chi connectivity index (χ2n) is 6.07. The fourth-order valence-corrected chi connectivity index (χ4v) is 4.05.